The average molecular weight is 204 g/mol. The topological polar surface area (TPSA) is 43.1 Å². The maximum Gasteiger partial charge on any atom is 0.178 e. The smallest absolute Gasteiger partial charge is 0.178 e. The minimum Gasteiger partial charge on any atom is -0.330 e. The zero-order valence-corrected chi connectivity index (χ0v) is 8.28. The van der Waals surface area contributed by atoms with Gasteiger partial charge in [-0.3, -0.25) is 4.79 Å². The molecule has 66 valence electrons. The van der Waals surface area contributed by atoms with Crippen LogP contribution in [-0.2, 0) is 0 Å². The van der Waals surface area contributed by atoms with Gasteiger partial charge in [-0.2, -0.15) is 0 Å². The molecule has 0 radical (unpaired) electrons. The highest BCUT2D eigenvalue weighted by molar-refractivity contribution is 7.12. The fourth-order valence-electron chi connectivity index (χ4n) is 0.800. The third kappa shape index (κ3) is 1.86. The number of carbonyl (C=O) groups excluding carboxylic acids is 1. The zero-order chi connectivity index (χ0) is 9.14. The van der Waals surface area contributed by atoms with E-state index in [9.17, 15) is 4.79 Å². The maximum atomic E-state index is 11.5. The molecule has 0 aliphatic carbocycles. The number of Topliss-reactive ketones (excluding diaryl/α,β-unsaturated/α-hetero) is 1. The Labute approximate surface area is 80.3 Å². The van der Waals surface area contributed by atoms with Crippen molar-refractivity contribution in [2.45, 2.75) is 6.92 Å². The first-order chi connectivity index (χ1) is 5.66. The van der Waals surface area contributed by atoms with Crippen LogP contribution < -0.4 is 5.73 Å². The number of carbonyl (C=O) groups is 1. The molecule has 12 heavy (non-hydrogen) atoms. The lowest BCUT2D eigenvalue weighted by atomic mass is 10.1. The van der Waals surface area contributed by atoms with Crippen LogP contribution in [0.2, 0.25) is 5.02 Å². The Balaban J connectivity index is 2.85. The molecule has 0 spiro atoms. The van der Waals surface area contributed by atoms with Crippen molar-refractivity contribution in [2.24, 2.45) is 11.7 Å². The van der Waals surface area contributed by atoms with Crippen molar-refractivity contribution in [3.8, 4) is 0 Å². The van der Waals surface area contributed by atoms with E-state index in [1.54, 1.807) is 18.4 Å². The van der Waals surface area contributed by atoms with Crippen LogP contribution in [0.4, 0.5) is 0 Å². The Morgan fingerprint density at radius 3 is 2.92 bits per heavy atom. The van der Waals surface area contributed by atoms with E-state index < -0.39 is 0 Å². The SMILES string of the molecule is CC(CN)C(=O)c1sccc1Cl. The van der Waals surface area contributed by atoms with E-state index in [-0.39, 0.29) is 11.7 Å². The van der Waals surface area contributed by atoms with Gasteiger partial charge in [0, 0.05) is 12.5 Å². The summed E-state index contributed by atoms with van der Waals surface area (Å²) in [4.78, 5) is 12.1. The molecule has 0 fully saturated rings. The highest BCUT2D eigenvalue weighted by Gasteiger charge is 2.17. The number of hydrogen-bond donors (Lipinski definition) is 1. The Morgan fingerprint density at radius 2 is 2.50 bits per heavy atom. The number of ketones is 1. The van der Waals surface area contributed by atoms with Gasteiger partial charge < -0.3 is 5.73 Å². The van der Waals surface area contributed by atoms with Crippen molar-refractivity contribution in [2.75, 3.05) is 6.54 Å². The normalized spacial score (nSPS) is 12.9. The van der Waals surface area contributed by atoms with Gasteiger partial charge >= 0.3 is 0 Å². The fraction of sp³-hybridized carbons (Fsp3) is 0.375. The largest absolute Gasteiger partial charge is 0.330 e. The minimum absolute atomic E-state index is 0.0394. The van der Waals surface area contributed by atoms with Gasteiger partial charge in [-0.1, -0.05) is 18.5 Å². The molecule has 1 atom stereocenters. The van der Waals surface area contributed by atoms with Gasteiger partial charge in [0.05, 0.1) is 9.90 Å². The molecule has 4 heteroatoms. The quantitative estimate of drug-likeness (QED) is 0.766. The molecular weight excluding hydrogens is 194 g/mol. The first-order valence-corrected chi connectivity index (χ1v) is 4.90. The molecule has 0 saturated heterocycles. The lowest BCUT2D eigenvalue weighted by Crippen LogP contribution is -2.19. The molecular formula is C8H10ClNOS. The summed E-state index contributed by atoms with van der Waals surface area (Å²) in [6.07, 6.45) is 0. The molecule has 2 nitrogen and oxygen atoms in total. The van der Waals surface area contributed by atoms with Crippen LogP contribution in [0.1, 0.15) is 16.6 Å². The van der Waals surface area contributed by atoms with E-state index in [0.29, 0.717) is 16.4 Å². The summed E-state index contributed by atoms with van der Waals surface area (Å²) < 4.78 is 0. The van der Waals surface area contributed by atoms with Gasteiger partial charge in [0.15, 0.2) is 5.78 Å². The number of nitrogens with two attached hydrogens (primary N) is 1. The summed E-state index contributed by atoms with van der Waals surface area (Å²) >= 11 is 7.15. The monoisotopic (exact) mass is 203 g/mol. The van der Waals surface area contributed by atoms with Gasteiger partial charge in [0.2, 0.25) is 0 Å². The fourth-order valence-corrected chi connectivity index (χ4v) is 2.00. The molecule has 0 aliphatic rings. The molecule has 0 aliphatic heterocycles. The van der Waals surface area contributed by atoms with Crippen molar-refractivity contribution in [3.05, 3.63) is 21.3 Å². The van der Waals surface area contributed by atoms with Crippen LogP contribution in [0.25, 0.3) is 0 Å². The van der Waals surface area contributed by atoms with E-state index in [2.05, 4.69) is 0 Å². The van der Waals surface area contributed by atoms with Crippen LogP contribution in [0.15, 0.2) is 11.4 Å². The van der Waals surface area contributed by atoms with Crippen LogP contribution in [0, 0.1) is 5.92 Å². The van der Waals surface area contributed by atoms with Gasteiger partial charge in [-0.05, 0) is 11.4 Å². The van der Waals surface area contributed by atoms with Crippen LogP contribution in [0.3, 0.4) is 0 Å². The maximum absolute atomic E-state index is 11.5. The highest BCUT2D eigenvalue weighted by atomic mass is 35.5. The van der Waals surface area contributed by atoms with Crippen molar-refractivity contribution in [1.82, 2.24) is 0 Å². The van der Waals surface area contributed by atoms with Crippen molar-refractivity contribution in [3.63, 3.8) is 0 Å². The molecule has 2 N–H and O–H groups in total. The zero-order valence-electron chi connectivity index (χ0n) is 6.71. The van der Waals surface area contributed by atoms with Crippen molar-refractivity contribution >= 4 is 28.7 Å². The number of rotatable bonds is 3. The number of halogens is 1. The summed E-state index contributed by atoms with van der Waals surface area (Å²) in [5.41, 5.74) is 5.37. The van der Waals surface area contributed by atoms with Crippen LogP contribution in [-0.4, -0.2) is 12.3 Å². The third-order valence-electron chi connectivity index (χ3n) is 1.64. The first kappa shape index (κ1) is 9.71. The average Bonchev–Trinajstić information content (AvgIpc) is 2.48. The predicted octanol–water partition coefficient (Wildman–Crippen LogP) is 2.18. The second-order valence-electron chi connectivity index (χ2n) is 2.60. The third-order valence-corrected chi connectivity index (χ3v) is 3.00. The minimum atomic E-state index is -0.138. The second kappa shape index (κ2) is 4.03. The van der Waals surface area contributed by atoms with Crippen LogP contribution in [0.5, 0.6) is 0 Å². The summed E-state index contributed by atoms with van der Waals surface area (Å²) in [5.74, 6) is -0.0985. The van der Waals surface area contributed by atoms with Gasteiger partial charge in [-0.25, -0.2) is 0 Å². The molecule has 0 aromatic carbocycles. The van der Waals surface area contributed by atoms with E-state index in [1.807, 2.05) is 0 Å². The molecule has 0 saturated carbocycles. The molecule has 1 rings (SSSR count). The first-order valence-electron chi connectivity index (χ1n) is 3.64. The Bertz CT molecular complexity index is 284. The second-order valence-corrected chi connectivity index (χ2v) is 3.92. The van der Waals surface area contributed by atoms with Gasteiger partial charge in [-0.15, -0.1) is 11.3 Å². The molecule has 1 unspecified atom stereocenters. The highest BCUT2D eigenvalue weighted by Crippen LogP contribution is 2.24. The van der Waals surface area contributed by atoms with E-state index >= 15 is 0 Å². The van der Waals surface area contributed by atoms with E-state index in [4.69, 9.17) is 17.3 Å². The number of thiophene rings is 1. The summed E-state index contributed by atoms with van der Waals surface area (Å²) in [5, 5.41) is 2.34. The summed E-state index contributed by atoms with van der Waals surface area (Å²) in [6.45, 7) is 2.17. The van der Waals surface area contributed by atoms with Gasteiger partial charge in [0.1, 0.15) is 0 Å². The molecule has 1 aromatic rings. The lowest BCUT2D eigenvalue weighted by molar-refractivity contribution is 0.0938. The molecule has 1 heterocycles. The summed E-state index contributed by atoms with van der Waals surface area (Å²) in [6, 6.07) is 1.72. The standard InChI is InChI=1S/C8H10ClNOS/c1-5(4-10)7(11)8-6(9)2-3-12-8/h2-3,5H,4,10H2,1H3. The van der Waals surface area contributed by atoms with E-state index in [1.165, 1.54) is 11.3 Å². The Hall–Kier alpha value is -0.380. The molecule has 0 bridgehead atoms. The Kier molecular flexibility index (Phi) is 3.26. The predicted molar refractivity (Wildman–Crippen MR) is 51.9 cm³/mol. The van der Waals surface area contributed by atoms with Crippen molar-refractivity contribution < 1.29 is 4.79 Å². The van der Waals surface area contributed by atoms with Crippen LogP contribution >= 0.6 is 22.9 Å². The number of hydrogen-bond acceptors (Lipinski definition) is 3. The Morgan fingerprint density at radius 1 is 1.83 bits per heavy atom. The lowest BCUT2D eigenvalue weighted by Gasteiger charge is -2.04. The molecule has 1 aromatic heterocycles. The molecule has 0 amide bonds. The summed E-state index contributed by atoms with van der Waals surface area (Å²) in [7, 11) is 0. The van der Waals surface area contributed by atoms with Crippen molar-refractivity contribution in [1.29, 1.82) is 0 Å². The van der Waals surface area contributed by atoms with Gasteiger partial charge in [0.25, 0.3) is 0 Å². The van der Waals surface area contributed by atoms with E-state index in [0.717, 1.165) is 0 Å².